The van der Waals surface area contributed by atoms with Crippen LogP contribution >= 0.6 is 0 Å². The summed E-state index contributed by atoms with van der Waals surface area (Å²) in [6.07, 6.45) is 2.14. The van der Waals surface area contributed by atoms with E-state index in [9.17, 15) is 9.59 Å². The fourth-order valence-electron chi connectivity index (χ4n) is 1.32. The summed E-state index contributed by atoms with van der Waals surface area (Å²) in [6.45, 7) is 2.02. The highest BCUT2D eigenvalue weighted by Crippen LogP contribution is 2.12. The van der Waals surface area contributed by atoms with E-state index in [2.05, 4.69) is 5.32 Å². The first-order valence-electron chi connectivity index (χ1n) is 4.76. The number of carbonyl (C=O) groups is 2. The van der Waals surface area contributed by atoms with E-state index >= 15 is 0 Å². The fourth-order valence-corrected chi connectivity index (χ4v) is 1.32. The van der Waals surface area contributed by atoms with Crippen LogP contribution in [0.5, 0.6) is 0 Å². The second kappa shape index (κ2) is 4.95. The lowest BCUT2D eigenvalue weighted by molar-refractivity contribution is -0.144. The SMILES string of the molecule is C[C@@H](NC(=O)C1CCCCO1)C(=O)O. The molecule has 2 N–H and O–H groups in total. The maximum Gasteiger partial charge on any atom is 0.325 e. The third-order valence-corrected chi connectivity index (χ3v) is 2.20. The number of carboxylic acid groups (broad SMARTS) is 1. The topological polar surface area (TPSA) is 75.6 Å². The van der Waals surface area contributed by atoms with Crippen molar-refractivity contribution < 1.29 is 19.4 Å². The third kappa shape index (κ3) is 2.99. The molecular weight excluding hydrogens is 186 g/mol. The summed E-state index contributed by atoms with van der Waals surface area (Å²) in [6, 6.07) is -0.854. The fraction of sp³-hybridized carbons (Fsp3) is 0.778. The maximum absolute atomic E-state index is 11.4. The van der Waals surface area contributed by atoms with Gasteiger partial charge in [-0.2, -0.15) is 0 Å². The van der Waals surface area contributed by atoms with Crippen LogP contribution in [0.4, 0.5) is 0 Å². The van der Waals surface area contributed by atoms with Gasteiger partial charge in [-0.1, -0.05) is 0 Å². The zero-order valence-electron chi connectivity index (χ0n) is 8.16. The van der Waals surface area contributed by atoms with Crippen LogP contribution in [-0.2, 0) is 14.3 Å². The number of aliphatic carboxylic acids is 1. The van der Waals surface area contributed by atoms with Crippen molar-refractivity contribution in [3.63, 3.8) is 0 Å². The molecule has 1 aliphatic rings. The molecule has 0 aliphatic carbocycles. The van der Waals surface area contributed by atoms with Gasteiger partial charge in [0.15, 0.2) is 0 Å². The molecule has 14 heavy (non-hydrogen) atoms. The van der Waals surface area contributed by atoms with Crippen LogP contribution in [-0.4, -0.2) is 35.7 Å². The lowest BCUT2D eigenvalue weighted by Gasteiger charge is -2.22. The summed E-state index contributed by atoms with van der Waals surface area (Å²) in [7, 11) is 0. The Morgan fingerprint density at radius 2 is 2.21 bits per heavy atom. The quantitative estimate of drug-likeness (QED) is 0.681. The van der Waals surface area contributed by atoms with Crippen LogP contribution in [0.1, 0.15) is 26.2 Å². The molecule has 1 fully saturated rings. The molecule has 2 atom stereocenters. The second-order valence-electron chi connectivity index (χ2n) is 3.42. The Hall–Kier alpha value is -1.10. The van der Waals surface area contributed by atoms with Crippen molar-refractivity contribution in [1.29, 1.82) is 0 Å². The molecule has 0 saturated carbocycles. The zero-order valence-corrected chi connectivity index (χ0v) is 8.16. The molecule has 1 amide bonds. The number of nitrogens with one attached hydrogen (secondary N) is 1. The molecule has 0 bridgehead atoms. The zero-order chi connectivity index (χ0) is 10.6. The predicted octanol–water partition coefficient (Wildman–Crippen LogP) is 0.145. The van der Waals surface area contributed by atoms with Gasteiger partial charge in [-0.3, -0.25) is 9.59 Å². The average molecular weight is 201 g/mol. The van der Waals surface area contributed by atoms with Crippen molar-refractivity contribution in [2.75, 3.05) is 6.61 Å². The molecule has 0 aromatic heterocycles. The van der Waals surface area contributed by atoms with Crippen molar-refractivity contribution in [2.24, 2.45) is 0 Å². The number of ether oxygens (including phenoxy) is 1. The molecule has 0 aromatic carbocycles. The van der Waals surface area contributed by atoms with Crippen molar-refractivity contribution in [3.05, 3.63) is 0 Å². The Bertz CT molecular complexity index is 223. The first kappa shape index (κ1) is 11.0. The van der Waals surface area contributed by atoms with Crippen molar-refractivity contribution in [2.45, 2.75) is 38.3 Å². The second-order valence-corrected chi connectivity index (χ2v) is 3.42. The van der Waals surface area contributed by atoms with E-state index < -0.39 is 18.1 Å². The molecule has 0 aromatic rings. The number of carboxylic acids is 1. The molecule has 80 valence electrons. The van der Waals surface area contributed by atoms with Crippen LogP contribution in [0.25, 0.3) is 0 Å². The maximum atomic E-state index is 11.4. The monoisotopic (exact) mass is 201 g/mol. The van der Waals surface area contributed by atoms with Gasteiger partial charge in [0.05, 0.1) is 0 Å². The third-order valence-electron chi connectivity index (χ3n) is 2.20. The largest absolute Gasteiger partial charge is 0.480 e. The molecular formula is C9H15NO4. The summed E-state index contributed by atoms with van der Waals surface area (Å²) in [5, 5.41) is 11.0. The molecule has 1 heterocycles. The Kier molecular flexibility index (Phi) is 3.88. The van der Waals surface area contributed by atoms with E-state index in [0.717, 1.165) is 12.8 Å². The van der Waals surface area contributed by atoms with Gasteiger partial charge in [0, 0.05) is 6.61 Å². The molecule has 5 nitrogen and oxygen atoms in total. The molecule has 5 heteroatoms. The van der Waals surface area contributed by atoms with E-state index in [1.807, 2.05) is 0 Å². The minimum Gasteiger partial charge on any atom is -0.480 e. The molecule has 0 radical (unpaired) electrons. The standard InChI is InChI=1S/C9H15NO4/c1-6(9(12)13)10-8(11)7-4-2-3-5-14-7/h6-7H,2-5H2,1H3,(H,10,11)(H,12,13)/t6-,7?/m1/s1. The summed E-state index contributed by atoms with van der Waals surface area (Å²) in [5.74, 6) is -1.35. The van der Waals surface area contributed by atoms with Gasteiger partial charge in [0.1, 0.15) is 12.1 Å². The normalized spacial score (nSPS) is 23.9. The minimum atomic E-state index is -1.03. The van der Waals surface area contributed by atoms with E-state index in [4.69, 9.17) is 9.84 Å². The van der Waals surface area contributed by atoms with Gasteiger partial charge in [-0.15, -0.1) is 0 Å². The molecule has 1 unspecified atom stereocenters. The molecule has 1 rings (SSSR count). The van der Waals surface area contributed by atoms with E-state index in [-0.39, 0.29) is 5.91 Å². The number of hydrogen-bond acceptors (Lipinski definition) is 3. The predicted molar refractivity (Wildman–Crippen MR) is 48.8 cm³/mol. The van der Waals surface area contributed by atoms with Crippen LogP contribution in [0.3, 0.4) is 0 Å². The Morgan fingerprint density at radius 3 is 2.71 bits per heavy atom. The van der Waals surface area contributed by atoms with Gasteiger partial charge < -0.3 is 15.2 Å². The summed E-state index contributed by atoms with van der Waals surface area (Å²) >= 11 is 0. The van der Waals surface area contributed by atoms with Crippen LogP contribution < -0.4 is 5.32 Å². The number of rotatable bonds is 3. The molecule has 1 saturated heterocycles. The highest BCUT2D eigenvalue weighted by Gasteiger charge is 2.24. The van der Waals surface area contributed by atoms with E-state index in [0.29, 0.717) is 13.0 Å². The first-order valence-corrected chi connectivity index (χ1v) is 4.76. The Labute approximate surface area is 82.4 Å². The van der Waals surface area contributed by atoms with Gasteiger partial charge in [0.25, 0.3) is 0 Å². The molecule has 0 spiro atoms. The smallest absolute Gasteiger partial charge is 0.325 e. The van der Waals surface area contributed by atoms with Crippen molar-refractivity contribution in [3.8, 4) is 0 Å². The Balaban J connectivity index is 2.36. The number of hydrogen-bond donors (Lipinski definition) is 2. The van der Waals surface area contributed by atoms with E-state index in [1.54, 1.807) is 0 Å². The number of carbonyl (C=O) groups excluding carboxylic acids is 1. The highest BCUT2D eigenvalue weighted by molar-refractivity contribution is 5.86. The number of amides is 1. The lowest BCUT2D eigenvalue weighted by atomic mass is 10.1. The summed E-state index contributed by atoms with van der Waals surface area (Å²) in [5.41, 5.74) is 0. The first-order chi connectivity index (χ1) is 6.61. The van der Waals surface area contributed by atoms with E-state index in [1.165, 1.54) is 6.92 Å². The van der Waals surface area contributed by atoms with Crippen LogP contribution in [0, 0.1) is 0 Å². The summed E-state index contributed by atoms with van der Waals surface area (Å²) < 4.78 is 5.22. The Morgan fingerprint density at radius 1 is 1.50 bits per heavy atom. The molecule has 1 aliphatic heterocycles. The minimum absolute atomic E-state index is 0.320. The van der Waals surface area contributed by atoms with Gasteiger partial charge in [0.2, 0.25) is 5.91 Å². The van der Waals surface area contributed by atoms with Gasteiger partial charge in [-0.25, -0.2) is 0 Å². The summed E-state index contributed by atoms with van der Waals surface area (Å²) in [4.78, 5) is 21.9. The van der Waals surface area contributed by atoms with Gasteiger partial charge >= 0.3 is 5.97 Å². The highest BCUT2D eigenvalue weighted by atomic mass is 16.5. The average Bonchev–Trinajstić information content (AvgIpc) is 2.19. The lowest BCUT2D eigenvalue weighted by Crippen LogP contribution is -2.45. The van der Waals surface area contributed by atoms with Crippen molar-refractivity contribution in [1.82, 2.24) is 5.32 Å². The van der Waals surface area contributed by atoms with Crippen molar-refractivity contribution >= 4 is 11.9 Å². The van der Waals surface area contributed by atoms with Crippen LogP contribution in [0.2, 0.25) is 0 Å². The van der Waals surface area contributed by atoms with Gasteiger partial charge in [-0.05, 0) is 26.2 Å². The van der Waals surface area contributed by atoms with Crippen LogP contribution in [0.15, 0.2) is 0 Å².